The third kappa shape index (κ3) is 5.83. The summed E-state index contributed by atoms with van der Waals surface area (Å²) in [5.74, 6) is -0.188. The molecule has 15 heavy (non-hydrogen) atoms. The van der Waals surface area contributed by atoms with E-state index in [1.54, 1.807) is 0 Å². The van der Waals surface area contributed by atoms with Gasteiger partial charge in [-0.05, 0) is 12.8 Å². The minimum absolute atomic E-state index is 0.188. The fraction of sp³-hybridized carbons (Fsp3) is 0.500. The van der Waals surface area contributed by atoms with Gasteiger partial charge in [-0.2, -0.15) is 0 Å². The molecule has 0 unspecified atom stereocenters. The smallest absolute Gasteiger partial charge is 0.302 e. The largest absolute Gasteiger partial charge is 0.466 e. The number of hydrogen-bond donors (Lipinski definition) is 0. The molecule has 0 spiro atoms. The molecule has 0 aliphatic rings. The predicted molar refractivity (Wildman–Crippen MR) is 57.1 cm³/mol. The van der Waals surface area contributed by atoms with Crippen molar-refractivity contribution in [2.45, 2.75) is 32.7 Å². The van der Waals surface area contributed by atoms with Crippen LogP contribution in [0.15, 0.2) is 30.6 Å². The van der Waals surface area contributed by atoms with Crippen LogP contribution in [0.25, 0.3) is 0 Å². The number of pyridine rings is 1. The minimum atomic E-state index is -0.188. The zero-order valence-corrected chi connectivity index (χ0v) is 9.19. The lowest BCUT2D eigenvalue weighted by atomic mass is 10.2. The van der Waals surface area contributed by atoms with Gasteiger partial charge in [-0.15, -0.1) is 0 Å². The molecule has 0 bridgehead atoms. The molecule has 1 aromatic rings. The summed E-state index contributed by atoms with van der Waals surface area (Å²) >= 11 is 0. The van der Waals surface area contributed by atoms with Gasteiger partial charge < -0.3 is 4.74 Å². The molecular formula is C12H18NO2+. The normalized spacial score (nSPS) is 9.93. The molecule has 0 amide bonds. The van der Waals surface area contributed by atoms with Crippen LogP contribution >= 0.6 is 0 Å². The Bertz CT molecular complexity index is 285. The van der Waals surface area contributed by atoms with E-state index in [1.807, 2.05) is 18.2 Å². The van der Waals surface area contributed by atoms with Gasteiger partial charge in [0.15, 0.2) is 12.4 Å². The van der Waals surface area contributed by atoms with Crippen molar-refractivity contribution in [1.82, 2.24) is 0 Å². The first-order chi connectivity index (χ1) is 7.29. The first-order valence-electron chi connectivity index (χ1n) is 5.36. The Morgan fingerprint density at radius 2 is 1.87 bits per heavy atom. The van der Waals surface area contributed by atoms with Gasteiger partial charge >= 0.3 is 5.97 Å². The van der Waals surface area contributed by atoms with Crippen LogP contribution < -0.4 is 4.57 Å². The number of hydrogen-bond acceptors (Lipinski definition) is 2. The van der Waals surface area contributed by atoms with Crippen molar-refractivity contribution in [3.63, 3.8) is 0 Å². The Hall–Kier alpha value is -1.38. The molecule has 0 saturated carbocycles. The van der Waals surface area contributed by atoms with Crippen LogP contribution in [0.5, 0.6) is 0 Å². The van der Waals surface area contributed by atoms with Crippen molar-refractivity contribution in [2.75, 3.05) is 6.61 Å². The maximum absolute atomic E-state index is 10.5. The highest BCUT2D eigenvalue weighted by Crippen LogP contribution is 1.96. The number of nitrogens with zero attached hydrogens (tertiary/aromatic N) is 1. The molecule has 0 atom stereocenters. The monoisotopic (exact) mass is 208 g/mol. The molecule has 1 heterocycles. The summed E-state index contributed by atoms with van der Waals surface area (Å²) in [4.78, 5) is 10.5. The molecule has 82 valence electrons. The standard InChI is InChI=1S/C12H18NO2/c1-12(14)15-11-7-3-6-10-13-8-4-2-5-9-13/h2,4-5,8-9H,3,6-7,10-11H2,1H3/q+1. The summed E-state index contributed by atoms with van der Waals surface area (Å²) in [5.41, 5.74) is 0. The van der Waals surface area contributed by atoms with E-state index in [-0.39, 0.29) is 5.97 Å². The molecule has 0 aromatic carbocycles. The number of esters is 1. The fourth-order valence-corrected chi connectivity index (χ4v) is 1.37. The van der Waals surface area contributed by atoms with E-state index in [2.05, 4.69) is 17.0 Å². The van der Waals surface area contributed by atoms with Gasteiger partial charge in [0.25, 0.3) is 0 Å². The van der Waals surface area contributed by atoms with Crippen LogP contribution in [0.3, 0.4) is 0 Å². The summed E-state index contributed by atoms with van der Waals surface area (Å²) in [6.45, 7) is 3.02. The molecule has 0 N–H and O–H groups in total. The summed E-state index contributed by atoms with van der Waals surface area (Å²) in [5, 5.41) is 0. The van der Waals surface area contributed by atoms with E-state index in [1.165, 1.54) is 6.92 Å². The maximum atomic E-state index is 10.5. The third-order valence-electron chi connectivity index (χ3n) is 2.14. The second kappa shape index (κ2) is 6.98. The molecule has 0 saturated heterocycles. The summed E-state index contributed by atoms with van der Waals surface area (Å²) in [6, 6.07) is 6.06. The van der Waals surface area contributed by atoms with E-state index in [4.69, 9.17) is 4.74 Å². The number of ether oxygens (including phenoxy) is 1. The number of aryl methyl sites for hydroxylation is 1. The Kier molecular flexibility index (Phi) is 5.44. The average Bonchev–Trinajstić information content (AvgIpc) is 2.24. The molecule has 3 nitrogen and oxygen atoms in total. The number of carbonyl (C=O) groups excluding carboxylic acids is 1. The lowest BCUT2D eigenvalue weighted by Crippen LogP contribution is -2.32. The van der Waals surface area contributed by atoms with E-state index >= 15 is 0 Å². The molecule has 0 fully saturated rings. The van der Waals surface area contributed by atoms with Crippen LogP contribution in [0.1, 0.15) is 26.2 Å². The summed E-state index contributed by atoms with van der Waals surface area (Å²) in [6.07, 6.45) is 7.29. The highest BCUT2D eigenvalue weighted by Gasteiger charge is 1.98. The van der Waals surface area contributed by atoms with Gasteiger partial charge in [0, 0.05) is 25.5 Å². The molecular weight excluding hydrogens is 190 g/mol. The van der Waals surface area contributed by atoms with E-state index in [0.717, 1.165) is 25.8 Å². The molecule has 0 aliphatic heterocycles. The SMILES string of the molecule is CC(=O)OCCCCC[n+]1ccccc1. The zero-order valence-electron chi connectivity index (χ0n) is 9.19. The second-order valence-electron chi connectivity index (χ2n) is 3.51. The predicted octanol–water partition coefficient (Wildman–Crippen LogP) is 1.71. The summed E-state index contributed by atoms with van der Waals surface area (Å²) in [7, 11) is 0. The zero-order chi connectivity index (χ0) is 10.9. The molecule has 3 heteroatoms. The first-order valence-corrected chi connectivity index (χ1v) is 5.36. The lowest BCUT2D eigenvalue weighted by Gasteiger charge is -2.00. The van der Waals surface area contributed by atoms with Gasteiger partial charge in [-0.1, -0.05) is 6.07 Å². The molecule has 0 radical (unpaired) electrons. The fourth-order valence-electron chi connectivity index (χ4n) is 1.37. The van der Waals surface area contributed by atoms with Gasteiger partial charge in [-0.25, -0.2) is 4.57 Å². The topological polar surface area (TPSA) is 30.2 Å². The minimum Gasteiger partial charge on any atom is -0.466 e. The van der Waals surface area contributed by atoms with Crippen molar-refractivity contribution >= 4 is 5.97 Å². The summed E-state index contributed by atoms with van der Waals surface area (Å²) < 4.78 is 7.01. The van der Waals surface area contributed by atoms with Crippen LogP contribution in [-0.2, 0) is 16.1 Å². The van der Waals surface area contributed by atoms with Gasteiger partial charge in [-0.3, -0.25) is 4.79 Å². The Morgan fingerprint density at radius 1 is 1.13 bits per heavy atom. The first kappa shape index (κ1) is 11.7. The van der Waals surface area contributed by atoms with Gasteiger partial charge in [0.05, 0.1) is 6.61 Å². The third-order valence-corrected chi connectivity index (χ3v) is 2.14. The van der Waals surface area contributed by atoms with Crippen LogP contribution in [-0.4, -0.2) is 12.6 Å². The molecule has 1 aromatic heterocycles. The lowest BCUT2D eigenvalue weighted by molar-refractivity contribution is -0.697. The number of aromatic nitrogens is 1. The van der Waals surface area contributed by atoms with Crippen molar-refractivity contribution in [1.29, 1.82) is 0 Å². The average molecular weight is 208 g/mol. The quantitative estimate of drug-likeness (QED) is 0.405. The number of carbonyl (C=O) groups is 1. The Labute approximate surface area is 90.7 Å². The van der Waals surface area contributed by atoms with Crippen LogP contribution in [0.2, 0.25) is 0 Å². The van der Waals surface area contributed by atoms with Gasteiger partial charge in [0.1, 0.15) is 6.54 Å². The maximum Gasteiger partial charge on any atom is 0.302 e. The van der Waals surface area contributed by atoms with E-state index in [9.17, 15) is 4.79 Å². The van der Waals surface area contributed by atoms with Crippen molar-refractivity contribution < 1.29 is 14.1 Å². The highest BCUT2D eigenvalue weighted by molar-refractivity contribution is 5.65. The van der Waals surface area contributed by atoms with Crippen LogP contribution in [0, 0.1) is 0 Å². The van der Waals surface area contributed by atoms with Crippen molar-refractivity contribution in [3.8, 4) is 0 Å². The van der Waals surface area contributed by atoms with Crippen molar-refractivity contribution in [2.24, 2.45) is 0 Å². The second-order valence-corrected chi connectivity index (χ2v) is 3.51. The molecule has 0 aliphatic carbocycles. The Balaban J connectivity index is 2.00. The van der Waals surface area contributed by atoms with E-state index in [0.29, 0.717) is 6.61 Å². The number of unbranched alkanes of at least 4 members (excludes halogenated alkanes) is 2. The number of rotatable bonds is 6. The Morgan fingerprint density at radius 3 is 2.53 bits per heavy atom. The van der Waals surface area contributed by atoms with Crippen molar-refractivity contribution in [3.05, 3.63) is 30.6 Å². The highest BCUT2D eigenvalue weighted by atomic mass is 16.5. The van der Waals surface area contributed by atoms with E-state index < -0.39 is 0 Å². The van der Waals surface area contributed by atoms with Gasteiger partial charge in [0.2, 0.25) is 0 Å². The molecule has 1 rings (SSSR count). The van der Waals surface area contributed by atoms with Crippen LogP contribution in [0.4, 0.5) is 0 Å².